The number of rotatable bonds is 2. The summed E-state index contributed by atoms with van der Waals surface area (Å²) in [7, 11) is 0. The minimum absolute atomic E-state index is 0. The predicted octanol–water partition coefficient (Wildman–Crippen LogP) is 2.03. The molecule has 0 radical (unpaired) electrons. The molecule has 4 N–H and O–H groups in total. The van der Waals surface area contributed by atoms with Gasteiger partial charge in [0, 0.05) is 17.6 Å². The lowest BCUT2D eigenvalue weighted by molar-refractivity contribution is 0.737. The van der Waals surface area contributed by atoms with Crippen molar-refractivity contribution in [2.75, 3.05) is 6.54 Å². The molecule has 2 nitrogen and oxygen atoms in total. The van der Waals surface area contributed by atoms with Crippen molar-refractivity contribution >= 4 is 24.0 Å². The number of benzene rings is 1. The van der Waals surface area contributed by atoms with E-state index in [-0.39, 0.29) is 18.4 Å². The highest BCUT2D eigenvalue weighted by Gasteiger charge is 2.04. The molecule has 74 valence electrons. The van der Waals surface area contributed by atoms with E-state index in [0.717, 1.165) is 16.1 Å². The lowest BCUT2D eigenvalue weighted by Gasteiger charge is -2.09. The van der Waals surface area contributed by atoms with E-state index in [2.05, 4.69) is 0 Å². The monoisotopic (exact) mass is 220 g/mol. The van der Waals surface area contributed by atoms with Crippen molar-refractivity contribution in [3.8, 4) is 0 Å². The van der Waals surface area contributed by atoms with E-state index in [4.69, 9.17) is 23.1 Å². The molecule has 1 aromatic rings. The highest BCUT2D eigenvalue weighted by Crippen LogP contribution is 2.19. The highest BCUT2D eigenvalue weighted by molar-refractivity contribution is 6.31. The third-order valence-electron chi connectivity index (χ3n) is 1.88. The molecule has 0 saturated heterocycles. The van der Waals surface area contributed by atoms with Gasteiger partial charge in [0.15, 0.2) is 0 Å². The average Bonchev–Trinajstić information content (AvgIpc) is 2.08. The zero-order valence-corrected chi connectivity index (χ0v) is 9.03. The lowest BCUT2D eigenvalue weighted by Crippen LogP contribution is -2.20. The zero-order valence-electron chi connectivity index (χ0n) is 7.46. The van der Waals surface area contributed by atoms with Crippen LogP contribution in [0.4, 0.5) is 0 Å². The Morgan fingerprint density at radius 1 is 1.46 bits per heavy atom. The van der Waals surface area contributed by atoms with Gasteiger partial charge in [-0.15, -0.1) is 12.4 Å². The maximum atomic E-state index is 5.92. The molecule has 13 heavy (non-hydrogen) atoms. The van der Waals surface area contributed by atoms with Gasteiger partial charge in [0.05, 0.1) is 0 Å². The molecule has 1 atom stereocenters. The van der Waals surface area contributed by atoms with Gasteiger partial charge in [-0.2, -0.15) is 0 Å². The molecule has 0 bridgehead atoms. The summed E-state index contributed by atoms with van der Waals surface area (Å²) in [5.74, 6) is 0. The molecule has 0 heterocycles. The summed E-state index contributed by atoms with van der Waals surface area (Å²) in [6, 6.07) is 5.67. The Morgan fingerprint density at radius 2 is 2.08 bits per heavy atom. The van der Waals surface area contributed by atoms with Crippen LogP contribution in [-0.2, 0) is 0 Å². The van der Waals surface area contributed by atoms with Gasteiger partial charge in [-0.25, -0.2) is 0 Å². The summed E-state index contributed by atoms with van der Waals surface area (Å²) in [5.41, 5.74) is 13.2. The molecule has 0 aromatic heterocycles. The first-order valence-electron chi connectivity index (χ1n) is 3.87. The summed E-state index contributed by atoms with van der Waals surface area (Å²) in [5, 5.41) is 0.747. The fourth-order valence-electron chi connectivity index (χ4n) is 0.976. The van der Waals surface area contributed by atoms with Gasteiger partial charge in [-0.05, 0) is 24.1 Å². The summed E-state index contributed by atoms with van der Waals surface area (Å²) >= 11 is 5.92. The maximum absolute atomic E-state index is 5.92. The predicted molar refractivity (Wildman–Crippen MR) is 59.4 cm³/mol. The average molecular weight is 221 g/mol. The van der Waals surface area contributed by atoms with Crippen LogP contribution in [0.25, 0.3) is 0 Å². The van der Waals surface area contributed by atoms with Crippen LogP contribution in [0.3, 0.4) is 0 Å². The van der Waals surface area contributed by atoms with Crippen LogP contribution in [0.1, 0.15) is 17.2 Å². The zero-order chi connectivity index (χ0) is 9.14. The molecule has 0 aliphatic carbocycles. The molecule has 0 spiro atoms. The van der Waals surface area contributed by atoms with Gasteiger partial charge in [0.1, 0.15) is 0 Å². The van der Waals surface area contributed by atoms with E-state index in [0.29, 0.717) is 6.54 Å². The van der Waals surface area contributed by atoms with Crippen molar-refractivity contribution in [2.24, 2.45) is 11.5 Å². The standard InChI is InChI=1S/C9H13ClN2.ClH/c1-6-2-3-7(4-8(6)10)9(12)5-11;/h2-4,9H,5,11-12H2,1H3;1H/t9-;/m0./s1. The Balaban J connectivity index is 0.00000144. The second-order valence-corrected chi connectivity index (χ2v) is 3.26. The van der Waals surface area contributed by atoms with Crippen molar-refractivity contribution < 1.29 is 0 Å². The quantitative estimate of drug-likeness (QED) is 0.802. The van der Waals surface area contributed by atoms with E-state index < -0.39 is 0 Å². The van der Waals surface area contributed by atoms with Crippen molar-refractivity contribution in [1.29, 1.82) is 0 Å². The Labute approximate surface area is 89.7 Å². The summed E-state index contributed by atoms with van der Waals surface area (Å²) < 4.78 is 0. The summed E-state index contributed by atoms with van der Waals surface area (Å²) in [6.45, 7) is 2.40. The molecule has 4 heteroatoms. The van der Waals surface area contributed by atoms with E-state index in [1.165, 1.54) is 0 Å². The third-order valence-corrected chi connectivity index (χ3v) is 2.29. The van der Waals surface area contributed by atoms with Crippen LogP contribution in [-0.4, -0.2) is 6.54 Å². The molecule has 0 unspecified atom stereocenters. The maximum Gasteiger partial charge on any atom is 0.0438 e. The Kier molecular flexibility index (Phi) is 5.33. The minimum atomic E-state index is -0.108. The van der Waals surface area contributed by atoms with Gasteiger partial charge >= 0.3 is 0 Å². The minimum Gasteiger partial charge on any atom is -0.329 e. The lowest BCUT2D eigenvalue weighted by atomic mass is 10.1. The van der Waals surface area contributed by atoms with E-state index in [1.807, 2.05) is 25.1 Å². The van der Waals surface area contributed by atoms with Gasteiger partial charge in [-0.1, -0.05) is 23.7 Å². The van der Waals surface area contributed by atoms with Gasteiger partial charge < -0.3 is 11.5 Å². The topological polar surface area (TPSA) is 52.0 Å². The SMILES string of the molecule is Cc1ccc([C@@H](N)CN)cc1Cl.Cl. The molecule has 0 fully saturated rings. The van der Waals surface area contributed by atoms with Crippen LogP contribution >= 0.6 is 24.0 Å². The Bertz CT molecular complexity index is 276. The molecule has 0 amide bonds. The van der Waals surface area contributed by atoms with Crippen LogP contribution in [0.15, 0.2) is 18.2 Å². The fourth-order valence-corrected chi connectivity index (χ4v) is 1.16. The Hall–Kier alpha value is -0.280. The van der Waals surface area contributed by atoms with Crippen LogP contribution in [0.5, 0.6) is 0 Å². The van der Waals surface area contributed by atoms with Crippen molar-refractivity contribution in [3.63, 3.8) is 0 Å². The highest BCUT2D eigenvalue weighted by atomic mass is 35.5. The number of nitrogens with two attached hydrogens (primary N) is 2. The second-order valence-electron chi connectivity index (χ2n) is 2.85. The molecular weight excluding hydrogens is 207 g/mol. The van der Waals surface area contributed by atoms with Crippen LogP contribution < -0.4 is 11.5 Å². The number of hydrogen-bond acceptors (Lipinski definition) is 2. The molecule has 1 rings (SSSR count). The first-order valence-corrected chi connectivity index (χ1v) is 4.24. The van der Waals surface area contributed by atoms with Gasteiger partial charge in [-0.3, -0.25) is 0 Å². The first kappa shape index (κ1) is 12.7. The van der Waals surface area contributed by atoms with E-state index in [9.17, 15) is 0 Å². The third kappa shape index (κ3) is 3.16. The van der Waals surface area contributed by atoms with Gasteiger partial charge in [0.25, 0.3) is 0 Å². The summed E-state index contributed by atoms with van der Waals surface area (Å²) in [6.07, 6.45) is 0. The summed E-state index contributed by atoms with van der Waals surface area (Å²) in [4.78, 5) is 0. The van der Waals surface area contributed by atoms with E-state index >= 15 is 0 Å². The van der Waals surface area contributed by atoms with Crippen LogP contribution in [0.2, 0.25) is 5.02 Å². The molecule has 0 aliphatic heterocycles. The molecular formula is C9H14Cl2N2. The number of hydrogen-bond donors (Lipinski definition) is 2. The molecule has 1 aromatic carbocycles. The molecule has 0 aliphatic rings. The first-order chi connectivity index (χ1) is 5.65. The second kappa shape index (κ2) is 5.45. The smallest absolute Gasteiger partial charge is 0.0438 e. The van der Waals surface area contributed by atoms with Crippen LogP contribution in [0, 0.1) is 6.92 Å². The normalized spacial score (nSPS) is 12.0. The Morgan fingerprint density at radius 3 is 2.54 bits per heavy atom. The fraction of sp³-hybridized carbons (Fsp3) is 0.333. The van der Waals surface area contributed by atoms with Crippen molar-refractivity contribution in [1.82, 2.24) is 0 Å². The number of aryl methyl sites for hydroxylation is 1. The number of halogens is 2. The van der Waals surface area contributed by atoms with Gasteiger partial charge in [0.2, 0.25) is 0 Å². The van der Waals surface area contributed by atoms with E-state index in [1.54, 1.807) is 0 Å². The molecule has 0 saturated carbocycles. The largest absolute Gasteiger partial charge is 0.329 e. The van der Waals surface area contributed by atoms with Crippen molar-refractivity contribution in [3.05, 3.63) is 34.3 Å². The van der Waals surface area contributed by atoms with Crippen molar-refractivity contribution in [2.45, 2.75) is 13.0 Å².